The van der Waals surface area contributed by atoms with Gasteiger partial charge in [0.1, 0.15) is 11.5 Å². The van der Waals surface area contributed by atoms with E-state index in [4.69, 9.17) is 32.7 Å². The van der Waals surface area contributed by atoms with E-state index in [1.165, 1.54) is 62.8 Å². The maximum atomic E-state index is 12.0. The van der Waals surface area contributed by atoms with Crippen LogP contribution >= 0.6 is 23.2 Å². The number of amides is 2. The Kier molecular flexibility index (Phi) is 15.6. The Morgan fingerprint density at radius 3 is 1.23 bits per heavy atom. The molecule has 0 unspecified atom stereocenters. The standard InChI is InChI=1S/2C17H16ClN3O4.Co.Na/c2*1-25-16-9-15(23)13(8-11(16)18)20-19-12-7-10(4-5-14(12)22)21-6-2-3-17(21)24;;/h2*4-5,7-9,22-23H,2-3,6H2,1H3;;/q;;+3;+1/p-4. The molecule has 2 aliphatic heterocycles. The molecule has 52 heavy (non-hydrogen) atoms. The molecule has 4 aromatic carbocycles. The SMILES string of the molecule is COc1cc([O-])c(N=Nc2cc(N3CCCC3=O)ccc2[O-])cc1Cl.COc1cc([O-])c(N=Nc2cc(N3CCCC3=O)ccc2[O-])cc1Cl.[Co+3].[Na+]. The zero-order chi connectivity index (χ0) is 35.9. The topological polar surface area (TPSA) is 201 Å². The molecule has 2 saturated heterocycles. The van der Waals surface area contributed by atoms with Crippen LogP contribution in [0.2, 0.25) is 10.0 Å². The van der Waals surface area contributed by atoms with E-state index >= 15 is 0 Å². The Labute approximate surface area is 341 Å². The van der Waals surface area contributed by atoms with E-state index in [1.54, 1.807) is 21.9 Å². The summed E-state index contributed by atoms with van der Waals surface area (Å²) in [6.07, 6.45) is 2.52. The van der Waals surface area contributed by atoms with Crippen molar-refractivity contribution < 1.29 is 85.8 Å². The fourth-order valence-corrected chi connectivity index (χ4v) is 5.55. The van der Waals surface area contributed by atoms with Crippen LogP contribution in [0.4, 0.5) is 34.1 Å². The van der Waals surface area contributed by atoms with Crippen LogP contribution in [0.15, 0.2) is 81.1 Å². The molecule has 0 spiro atoms. The smallest absolute Gasteiger partial charge is 0.871 e. The number of methoxy groups -OCH3 is 2. The summed E-state index contributed by atoms with van der Waals surface area (Å²) in [6, 6.07) is 13.8. The minimum absolute atomic E-state index is 0. The number of ether oxygens (including phenoxy) is 2. The maximum absolute atomic E-state index is 12.0. The average molecular weight is 801 g/mol. The molecular weight excluding hydrogens is 773 g/mol. The van der Waals surface area contributed by atoms with Crippen molar-refractivity contribution in [3.63, 3.8) is 0 Å². The zero-order valence-electron chi connectivity index (χ0n) is 28.1. The number of carbonyl (C=O) groups excluding carboxylic acids is 2. The molecule has 0 radical (unpaired) electrons. The number of nitrogens with zero attached hydrogens (tertiary/aromatic N) is 6. The quantitative estimate of drug-likeness (QED) is 0.191. The molecule has 2 heterocycles. The van der Waals surface area contributed by atoms with E-state index in [-0.39, 0.29) is 114 Å². The molecule has 4 aromatic rings. The normalized spacial score (nSPS) is 13.9. The van der Waals surface area contributed by atoms with E-state index in [9.17, 15) is 30.0 Å². The molecule has 0 bridgehead atoms. The van der Waals surface area contributed by atoms with E-state index in [2.05, 4.69) is 20.5 Å². The van der Waals surface area contributed by atoms with Gasteiger partial charge in [0.15, 0.2) is 0 Å². The van der Waals surface area contributed by atoms with E-state index < -0.39 is 11.5 Å². The number of rotatable bonds is 8. The van der Waals surface area contributed by atoms with Gasteiger partial charge in [-0.1, -0.05) is 58.3 Å². The van der Waals surface area contributed by atoms with Crippen LogP contribution in [0.25, 0.3) is 0 Å². The van der Waals surface area contributed by atoms with Crippen LogP contribution in [0, 0.1) is 0 Å². The molecule has 0 atom stereocenters. The number of hydrogen-bond acceptors (Lipinski definition) is 12. The third-order valence-corrected chi connectivity index (χ3v) is 8.24. The third kappa shape index (κ3) is 10.1. The predicted molar refractivity (Wildman–Crippen MR) is 178 cm³/mol. The van der Waals surface area contributed by atoms with Gasteiger partial charge in [0, 0.05) is 37.3 Å². The van der Waals surface area contributed by atoms with Gasteiger partial charge in [-0.15, -0.1) is 0 Å². The Morgan fingerprint density at radius 2 is 0.923 bits per heavy atom. The van der Waals surface area contributed by atoms with E-state index in [0.717, 1.165) is 12.8 Å². The number of halogens is 2. The number of azo groups is 2. The van der Waals surface area contributed by atoms with Crippen molar-refractivity contribution in [1.82, 2.24) is 0 Å². The maximum Gasteiger partial charge on any atom is 3.00 e. The van der Waals surface area contributed by atoms with E-state index in [0.29, 0.717) is 37.3 Å². The number of benzene rings is 4. The molecule has 0 aliphatic carbocycles. The van der Waals surface area contributed by atoms with Gasteiger partial charge in [-0.2, -0.15) is 20.5 Å². The summed E-state index contributed by atoms with van der Waals surface area (Å²) in [5.74, 6) is -1.07. The van der Waals surface area contributed by atoms with Gasteiger partial charge in [-0.3, -0.25) is 9.59 Å². The summed E-state index contributed by atoms with van der Waals surface area (Å²) in [6.45, 7) is 1.21. The Hall–Kier alpha value is -4.09. The predicted octanol–water partition coefficient (Wildman–Crippen LogP) is 3.08. The Morgan fingerprint density at radius 1 is 0.577 bits per heavy atom. The van der Waals surface area contributed by atoms with Gasteiger partial charge in [-0.05, 0) is 61.4 Å². The van der Waals surface area contributed by atoms with Gasteiger partial charge < -0.3 is 39.7 Å². The number of carbonyl (C=O) groups is 2. The number of hydrogen-bond donors (Lipinski definition) is 0. The molecule has 0 aromatic heterocycles. The van der Waals surface area contributed by atoms with Crippen molar-refractivity contribution in [2.24, 2.45) is 20.5 Å². The molecule has 18 heteroatoms. The van der Waals surface area contributed by atoms with Crippen LogP contribution < -0.4 is 69.3 Å². The fourth-order valence-electron chi connectivity index (χ4n) is 5.08. The first kappa shape index (κ1) is 42.3. The monoisotopic (exact) mass is 800 g/mol. The van der Waals surface area contributed by atoms with Gasteiger partial charge in [0.2, 0.25) is 11.8 Å². The molecule has 266 valence electrons. The summed E-state index contributed by atoms with van der Waals surface area (Å²) < 4.78 is 9.91. The van der Waals surface area contributed by atoms with Crippen molar-refractivity contribution in [3.05, 3.63) is 70.7 Å². The van der Waals surface area contributed by atoms with Crippen molar-refractivity contribution in [1.29, 1.82) is 0 Å². The average Bonchev–Trinajstić information content (AvgIpc) is 3.74. The first-order valence-corrected chi connectivity index (χ1v) is 15.9. The Balaban J connectivity index is 0.000000270. The van der Waals surface area contributed by atoms with E-state index in [1.807, 2.05) is 0 Å². The van der Waals surface area contributed by atoms with Crippen molar-refractivity contribution >= 4 is 69.1 Å². The second kappa shape index (κ2) is 19.1. The number of anilines is 2. The van der Waals surface area contributed by atoms with Crippen LogP contribution in [0.3, 0.4) is 0 Å². The van der Waals surface area contributed by atoms with Gasteiger partial charge in [-0.25, -0.2) is 0 Å². The largest absolute Gasteiger partial charge is 3.00 e. The molecule has 2 amide bonds. The molecule has 6 rings (SSSR count). The summed E-state index contributed by atoms with van der Waals surface area (Å²) >= 11 is 11.9. The molecule has 2 fully saturated rings. The third-order valence-electron chi connectivity index (χ3n) is 7.65. The van der Waals surface area contributed by atoms with Crippen molar-refractivity contribution in [2.45, 2.75) is 25.7 Å². The van der Waals surface area contributed by atoms with Gasteiger partial charge in [0.05, 0.1) is 47.0 Å². The molecule has 14 nitrogen and oxygen atoms in total. The second-order valence-corrected chi connectivity index (χ2v) is 11.7. The molecule has 2 aliphatic rings. The molecular formula is C34H28Cl2CoN6NaO8. The summed E-state index contributed by atoms with van der Waals surface area (Å²) in [7, 11) is 2.80. The minimum atomic E-state index is -0.427. The first-order chi connectivity index (χ1) is 24.0. The summed E-state index contributed by atoms with van der Waals surface area (Å²) in [4.78, 5) is 26.8. The van der Waals surface area contributed by atoms with Gasteiger partial charge >= 0.3 is 46.3 Å². The second-order valence-electron chi connectivity index (χ2n) is 10.9. The van der Waals surface area contributed by atoms with Crippen molar-refractivity contribution in [3.8, 4) is 34.5 Å². The fraction of sp³-hybridized carbons (Fsp3) is 0.235. The summed E-state index contributed by atoms with van der Waals surface area (Å²) in [5, 5.41) is 63.6. The molecule has 0 N–H and O–H groups in total. The zero-order valence-corrected chi connectivity index (χ0v) is 32.6. The van der Waals surface area contributed by atoms with Crippen molar-refractivity contribution in [2.75, 3.05) is 37.1 Å². The van der Waals surface area contributed by atoms with Crippen LogP contribution in [-0.4, -0.2) is 39.1 Å². The van der Waals surface area contributed by atoms with Crippen LogP contribution in [0.1, 0.15) is 25.7 Å². The van der Waals surface area contributed by atoms with Crippen LogP contribution in [-0.2, 0) is 26.4 Å². The van der Waals surface area contributed by atoms with Crippen LogP contribution in [0.5, 0.6) is 34.5 Å². The first-order valence-electron chi connectivity index (χ1n) is 15.1. The summed E-state index contributed by atoms with van der Waals surface area (Å²) in [5.41, 5.74) is 1.25. The Bertz CT molecular complexity index is 1860. The minimum Gasteiger partial charge on any atom is -0.871 e. The van der Waals surface area contributed by atoms with Gasteiger partial charge in [0.25, 0.3) is 0 Å². The molecule has 0 saturated carbocycles.